The molecule has 140 valence electrons. The molecule has 1 heterocycles. The molecule has 0 atom stereocenters. The number of benzene rings is 2. The van der Waals surface area contributed by atoms with E-state index in [1.165, 1.54) is 30.3 Å². The number of hydrogen-bond acceptors (Lipinski definition) is 5. The number of nitrogens with zero attached hydrogens (tertiary/aromatic N) is 3. The van der Waals surface area contributed by atoms with Gasteiger partial charge in [-0.25, -0.2) is 18.2 Å². The minimum atomic E-state index is -3.79. The van der Waals surface area contributed by atoms with Gasteiger partial charge in [0.15, 0.2) is 0 Å². The van der Waals surface area contributed by atoms with Crippen molar-refractivity contribution in [2.45, 2.75) is 18.7 Å². The van der Waals surface area contributed by atoms with Gasteiger partial charge in [0.25, 0.3) is 5.69 Å². The number of halogens is 1. The SMILES string of the molecule is Cc1nn(-c2ccc(S(N)(=O)=O)cc2)c(C)c1-c1cc([N+](=O)[O-])ccc1Cl. The van der Waals surface area contributed by atoms with Gasteiger partial charge in [-0.2, -0.15) is 5.10 Å². The number of nitro benzene ring substituents is 1. The van der Waals surface area contributed by atoms with E-state index in [-0.39, 0.29) is 10.6 Å². The minimum Gasteiger partial charge on any atom is -0.258 e. The summed E-state index contributed by atoms with van der Waals surface area (Å²) in [6, 6.07) is 10.2. The first kappa shape index (κ1) is 19.0. The Morgan fingerprint density at radius 2 is 1.78 bits per heavy atom. The van der Waals surface area contributed by atoms with Crippen molar-refractivity contribution >= 4 is 27.3 Å². The molecular formula is C17H15ClN4O4S. The minimum absolute atomic E-state index is 0.00488. The van der Waals surface area contributed by atoms with Gasteiger partial charge in [-0.05, 0) is 44.2 Å². The van der Waals surface area contributed by atoms with Crippen LogP contribution in [0.15, 0.2) is 47.4 Å². The Labute approximate surface area is 160 Å². The fraction of sp³-hybridized carbons (Fsp3) is 0.118. The number of rotatable bonds is 4. The quantitative estimate of drug-likeness (QED) is 0.525. The van der Waals surface area contributed by atoms with Crippen molar-refractivity contribution in [2.75, 3.05) is 0 Å². The van der Waals surface area contributed by atoms with Crippen LogP contribution >= 0.6 is 11.6 Å². The first-order valence-corrected chi connectivity index (χ1v) is 9.66. The smallest absolute Gasteiger partial charge is 0.258 e. The van der Waals surface area contributed by atoms with Crippen molar-refractivity contribution in [3.63, 3.8) is 0 Å². The van der Waals surface area contributed by atoms with Crippen LogP contribution in [-0.4, -0.2) is 23.1 Å². The van der Waals surface area contributed by atoms with Gasteiger partial charge >= 0.3 is 0 Å². The van der Waals surface area contributed by atoms with Crippen LogP contribution in [0, 0.1) is 24.0 Å². The van der Waals surface area contributed by atoms with Crippen LogP contribution in [0.2, 0.25) is 5.02 Å². The van der Waals surface area contributed by atoms with Gasteiger partial charge in [0, 0.05) is 34.0 Å². The number of primary sulfonamides is 1. The van der Waals surface area contributed by atoms with Crippen molar-refractivity contribution in [3.05, 3.63) is 69.0 Å². The van der Waals surface area contributed by atoms with Crippen molar-refractivity contribution in [3.8, 4) is 16.8 Å². The Bertz CT molecular complexity index is 1150. The topological polar surface area (TPSA) is 121 Å². The third-order valence-corrected chi connectivity index (χ3v) is 5.39. The monoisotopic (exact) mass is 406 g/mol. The fourth-order valence-electron chi connectivity index (χ4n) is 2.88. The molecule has 0 radical (unpaired) electrons. The van der Waals surface area contributed by atoms with E-state index in [1.807, 2.05) is 0 Å². The van der Waals surface area contributed by atoms with Gasteiger partial charge in [0.2, 0.25) is 10.0 Å². The average Bonchev–Trinajstić information content (AvgIpc) is 2.89. The van der Waals surface area contributed by atoms with Gasteiger partial charge in [0.1, 0.15) is 0 Å². The van der Waals surface area contributed by atoms with E-state index in [9.17, 15) is 18.5 Å². The Morgan fingerprint density at radius 1 is 1.15 bits per heavy atom. The first-order chi connectivity index (χ1) is 12.6. The number of aryl methyl sites for hydroxylation is 1. The molecule has 10 heteroatoms. The van der Waals surface area contributed by atoms with Gasteiger partial charge in [-0.3, -0.25) is 10.1 Å². The average molecular weight is 407 g/mol. The predicted octanol–water partition coefficient (Wildman–Crippen LogP) is 3.37. The second-order valence-corrected chi connectivity index (χ2v) is 7.89. The summed E-state index contributed by atoms with van der Waals surface area (Å²) < 4.78 is 24.4. The highest BCUT2D eigenvalue weighted by atomic mass is 35.5. The highest BCUT2D eigenvalue weighted by Crippen LogP contribution is 2.36. The summed E-state index contributed by atoms with van der Waals surface area (Å²) in [5.74, 6) is 0. The Morgan fingerprint density at radius 3 is 2.33 bits per heavy atom. The zero-order valence-electron chi connectivity index (χ0n) is 14.4. The standard InChI is InChI=1S/C17H15ClN4O4S/c1-10-17(15-9-13(22(23)24)5-8-16(15)18)11(2)21(20-10)12-3-6-14(7-4-12)27(19,25)26/h3-9H,1-2H3,(H2,19,25,26). The molecule has 0 unspecified atom stereocenters. The number of nitrogens with two attached hydrogens (primary N) is 1. The van der Waals surface area contributed by atoms with Crippen LogP contribution < -0.4 is 5.14 Å². The van der Waals surface area contributed by atoms with E-state index >= 15 is 0 Å². The largest absolute Gasteiger partial charge is 0.270 e. The summed E-state index contributed by atoms with van der Waals surface area (Å²) >= 11 is 6.27. The van der Waals surface area contributed by atoms with E-state index < -0.39 is 14.9 Å². The lowest BCUT2D eigenvalue weighted by Gasteiger charge is -2.08. The highest BCUT2D eigenvalue weighted by molar-refractivity contribution is 7.89. The van der Waals surface area contributed by atoms with E-state index in [0.29, 0.717) is 33.2 Å². The van der Waals surface area contributed by atoms with E-state index in [2.05, 4.69) is 5.10 Å². The molecule has 8 nitrogen and oxygen atoms in total. The molecule has 0 aliphatic heterocycles. The number of sulfonamides is 1. The molecule has 0 amide bonds. The van der Waals surface area contributed by atoms with Gasteiger partial charge < -0.3 is 0 Å². The van der Waals surface area contributed by atoms with Crippen molar-refractivity contribution in [1.82, 2.24) is 9.78 Å². The summed E-state index contributed by atoms with van der Waals surface area (Å²) in [6.45, 7) is 3.57. The summed E-state index contributed by atoms with van der Waals surface area (Å²) in [7, 11) is -3.79. The zero-order valence-corrected chi connectivity index (χ0v) is 16.0. The molecular weight excluding hydrogens is 392 g/mol. The molecule has 3 rings (SSSR count). The van der Waals surface area contributed by atoms with E-state index in [1.54, 1.807) is 30.7 Å². The molecule has 1 aromatic heterocycles. The van der Waals surface area contributed by atoms with Gasteiger partial charge in [-0.15, -0.1) is 0 Å². The van der Waals surface area contributed by atoms with Gasteiger partial charge in [0.05, 0.1) is 21.2 Å². The Kier molecular flexibility index (Phi) is 4.77. The van der Waals surface area contributed by atoms with Gasteiger partial charge in [-0.1, -0.05) is 11.6 Å². The van der Waals surface area contributed by atoms with Crippen LogP contribution in [-0.2, 0) is 10.0 Å². The number of non-ortho nitro benzene ring substituents is 1. The zero-order chi connectivity index (χ0) is 19.9. The van der Waals surface area contributed by atoms with E-state index in [4.69, 9.17) is 16.7 Å². The summed E-state index contributed by atoms with van der Waals surface area (Å²) in [4.78, 5) is 10.6. The van der Waals surface area contributed by atoms with Crippen molar-refractivity contribution in [2.24, 2.45) is 5.14 Å². The van der Waals surface area contributed by atoms with Crippen LogP contribution in [0.3, 0.4) is 0 Å². The van der Waals surface area contributed by atoms with Crippen molar-refractivity contribution < 1.29 is 13.3 Å². The Balaban J connectivity index is 2.14. The molecule has 0 saturated carbocycles. The summed E-state index contributed by atoms with van der Waals surface area (Å²) in [5.41, 5.74) is 3.07. The molecule has 0 spiro atoms. The molecule has 0 bridgehead atoms. The molecule has 2 N–H and O–H groups in total. The Hall–Kier alpha value is -2.75. The molecule has 3 aromatic rings. The third-order valence-electron chi connectivity index (χ3n) is 4.13. The summed E-state index contributed by atoms with van der Waals surface area (Å²) in [5, 5.41) is 21.0. The van der Waals surface area contributed by atoms with Crippen LogP contribution in [0.4, 0.5) is 5.69 Å². The highest BCUT2D eigenvalue weighted by Gasteiger charge is 2.20. The van der Waals surface area contributed by atoms with Crippen LogP contribution in [0.1, 0.15) is 11.4 Å². The maximum Gasteiger partial charge on any atom is 0.270 e. The van der Waals surface area contributed by atoms with Crippen LogP contribution in [0.25, 0.3) is 16.8 Å². The van der Waals surface area contributed by atoms with Crippen molar-refractivity contribution in [1.29, 1.82) is 0 Å². The fourth-order valence-corrected chi connectivity index (χ4v) is 3.61. The van der Waals surface area contributed by atoms with E-state index in [0.717, 1.165) is 0 Å². The summed E-state index contributed by atoms with van der Waals surface area (Å²) in [6.07, 6.45) is 0. The first-order valence-electron chi connectivity index (χ1n) is 7.73. The lowest BCUT2D eigenvalue weighted by molar-refractivity contribution is -0.384. The molecule has 27 heavy (non-hydrogen) atoms. The molecule has 0 fully saturated rings. The van der Waals surface area contributed by atoms with Crippen LogP contribution in [0.5, 0.6) is 0 Å². The number of aromatic nitrogens is 2. The number of nitro groups is 1. The number of hydrogen-bond donors (Lipinski definition) is 1. The second kappa shape index (κ2) is 6.76. The maximum absolute atomic E-state index is 11.4. The lowest BCUT2D eigenvalue weighted by atomic mass is 10.0. The maximum atomic E-state index is 11.4. The predicted molar refractivity (Wildman–Crippen MR) is 102 cm³/mol. The lowest BCUT2D eigenvalue weighted by Crippen LogP contribution is -2.12. The molecule has 0 aliphatic carbocycles. The third kappa shape index (κ3) is 3.57. The molecule has 0 saturated heterocycles. The molecule has 0 aliphatic rings. The molecule has 2 aromatic carbocycles. The second-order valence-electron chi connectivity index (χ2n) is 5.92. The normalized spacial score (nSPS) is 11.6.